The Morgan fingerprint density at radius 2 is 1.75 bits per heavy atom. The Morgan fingerprint density at radius 3 is 2.58 bits per heavy atom. The number of hydrogen-bond acceptors (Lipinski definition) is 4. The van der Waals surface area contributed by atoms with E-state index in [-0.39, 0.29) is 24.5 Å². The molecule has 0 atom stereocenters. The number of fused-ring (bicyclic) bond motifs is 1. The zero-order valence-corrected chi connectivity index (χ0v) is 13.2. The van der Waals surface area contributed by atoms with Gasteiger partial charge in [0.05, 0.1) is 0 Å². The van der Waals surface area contributed by atoms with Crippen LogP contribution < -0.4 is 5.32 Å². The van der Waals surface area contributed by atoms with E-state index in [0.717, 1.165) is 11.5 Å². The topological polar surface area (TPSA) is 76.4 Å². The van der Waals surface area contributed by atoms with E-state index < -0.39 is 0 Å². The third-order valence-corrected chi connectivity index (χ3v) is 3.73. The molecule has 24 heavy (non-hydrogen) atoms. The number of rotatable bonds is 7. The standard InChI is InChI=1S/C18H18N4O2/c23-15(14-6-2-1-3-7-14)9-10-18(24)19-12-11-17-21-20-16-8-4-5-13-22(16)17/h1-8,13H,9-12H2,(H,19,24). The first-order valence-corrected chi connectivity index (χ1v) is 7.87. The molecule has 0 saturated heterocycles. The van der Waals surface area contributed by atoms with Crippen molar-refractivity contribution in [2.45, 2.75) is 19.3 Å². The molecule has 0 aliphatic heterocycles. The SMILES string of the molecule is O=C(CCC(=O)c1ccccc1)NCCc1nnc2ccccn12. The van der Waals surface area contributed by atoms with Crippen LogP contribution in [0.15, 0.2) is 54.7 Å². The number of hydrogen-bond donors (Lipinski definition) is 1. The molecule has 122 valence electrons. The van der Waals surface area contributed by atoms with Crippen LogP contribution in [-0.4, -0.2) is 32.8 Å². The summed E-state index contributed by atoms with van der Waals surface area (Å²) in [5.74, 6) is 0.647. The zero-order chi connectivity index (χ0) is 16.8. The lowest BCUT2D eigenvalue weighted by atomic mass is 10.1. The second-order valence-corrected chi connectivity index (χ2v) is 5.43. The van der Waals surface area contributed by atoms with Gasteiger partial charge in [-0.25, -0.2) is 0 Å². The summed E-state index contributed by atoms with van der Waals surface area (Å²) in [5.41, 5.74) is 1.42. The largest absolute Gasteiger partial charge is 0.356 e. The van der Waals surface area contributed by atoms with Crippen molar-refractivity contribution in [3.05, 3.63) is 66.1 Å². The third kappa shape index (κ3) is 3.84. The first-order valence-electron chi connectivity index (χ1n) is 7.87. The Hall–Kier alpha value is -3.02. The summed E-state index contributed by atoms with van der Waals surface area (Å²) < 4.78 is 1.89. The van der Waals surface area contributed by atoms with Crippen LogP contribution in [0.1, 0.15) is 29.0 Å². The quantitative estimate of drug-likeness (QED) is 0.676. The highest BCUT2D eigenvalue weighted by atomic mass is 16.2. The molecular formula is C18H18N4O2. The van der Waals surface area contributed by atoms with Gasteiger partial charge in [0, 0.05) is 37.6 Å². The summed E-state index contributed by atoms with van der Waals surface area (Å²) in [6, 6.07) is 14.7. The highest BCUT2D eigenvalue weighted by Crippen LogP contribution is 2.05. The van der Waals surface area contributed by atoms with Crippen molar-refractivity contribution in [1.29, 1.82) is 0 Å². The van der Waals surface area contributed by atoms with Crippen LogP contribution in [0, 0.1) is 0 Å². The predicted molar refractivity (Wildman–Crippen MR) is 89.7 cm³/mol. The number of aromatic nitrogens is 3. The van der Waals surface area contributed by atoms with Gasteiger partial charge < -0.3 is 5.32 Å². The van der Waals surface area contributed by atoms with E-state index in [2.05, 4.69) is 15.5 Å². The van der Waals surface area contributed by atoms with Gasteiger partial charge in [0.2, 0.25) is 5.91 Å². The summed E-state index contributed by atoms with van der Waals surface area (Å²) in [6.45, 7) is 0.466. The summed E-state index contributed by atoms with van der Waals surface area (Å²) >= 11 is 0. The lowest BCUT2D eigenvalue weighted by Gasteiger charge is -2.04. The Kier molecular flexibility index (Phi) is 4.96. The molecule has 0 fully saturated rings. The smallest absolute Gasteiger partial charge is 0.220 e. The molecule has 0 unspecified atom stereocenters. The predicted octanol–water partition coefficient (Wildman–Crippen LogP) is 2.05. The van der Waals surface area contributed by atoms with Crippen molar-refractivity contribution in [2.75, 3.05) is 6.54 Å². The number of nitrogens with one attached hydrogen (secondary N) is 1. The van der Waals surface area contributed by atoms with E-state index >= 15 is 0 Å². The van der Waals surface area contributed by atoms with Gasteiger partial charge in [-0.05, 0) is 12.1 Å². The molecule has 0 saturated carbocycles. The first-order chi connectivity index (χ1) is 11.7. The highest BCUT2D eigenvalue weighted by Gasteiger charge is 2.09. The zero-order valence-electron chi connectivity index (χ0n) is 13.2. The molecule has 6 nitrogen and oxygen atoms in total. The minimum absolute atomic E-state index is 0.0193. The fourth-order valence-electron chi connectivity index (χ4n) is 2.46. The Bertz CT molecular complexity index is 842. The van der Waals surface area contributed by atoms with E-state index in [1.54, 1.807) is 12.1 Å². The molecule has 1 N–H and O–H groups in total. The van der Waals surface area contributed by atoms with E-state index in [1.165, 1.54) is 0 Å². The Balaban J connectivity index is 1.44. The van der Waals surface area contributed by atoms with Crippen molar-refractivity contribution < 1.29 is 9.59 Å². The summed E-state index contributed by atoms with van der Waals surface area (Å²) in [5, 5.41) is 11.0. The number of ketones is 1. The van der Waals surface area contributed by atoms with Crippen LogP contribution in [-0.2, 0) is 11.2 Å². The van der Waals surface area contributed by atoms with Gasteiger partial charge in [0.1, 0.15) is 5.82 Å². The molecule has 2 aromatic heterocycles. The number of carbonyl (C=O) groups is 2. The van der Waals surface area contributed by atoms with Crippen molar-refractivity contribution in [1.82, 2.24) is 19.9 Å². The Morgan fingerprint density at radius 1 is 0.958 bits per heavy atom. The third-order valence-electron chi connectivity index (χ3n) is 3.73. The number of pyridine rings is 1. The molecule has 3 aromatic rings. The lowest BCUT2D eigenvalue weighted by Crippen LogP contribution is -2.26. The molecule has 0 aliphatic carbocycles. The normalized spacial score (nSPS) is 10.7. The maximum Gasteiger partial charge on any atom is 0.220 e. The van der Waals surface area contributed by atoms with Gasteiger partial charge in [0.25, 0.3) is 0 Å². The highest BCUT2D eigenvalue weighted by molar-refractivity contribution is 5.97. The summed E-state index contributed by atoms with van der Waals surface area (Å²) in [4.78, 5) is 23.8. The van der Waals surface area contributed by atoms with Crippen LogP contribution in [0.5, 0.6) is 0 Å². The van der Waals surface area contributed by atoms with E-state index in [9.17, 15) is 9.59 Å². The van der Waals surface area contributed by atoms with Gasteiger partial charge in [-0.15, -0.1) is 10.2 Å². The maximum atomic E-state index is 12.0. The monoisotopic (exact) mass is 322 g/mol. The van der Waals surface area contributed by atoms with E-state index in [1.807, 2.05) is 47.0 Å². The molecule has 1 aromatic carbocycles. The molecule has 0 spiro atoms. The molecule has 1 amide bonds. The fraction of sp³-hybridized carbons (Fsp3) is 0.222. The van der Waals surface area contributed by atoms with Gasteiger partial charge in [-0.2, -0.15) is 0 Å². The van der Waals surface area contributed by atoms with E-state index in [4.69, 9.17) is 0 Å². The first kappa shape index (κ1) is 15.9. The molecule has 2 heterocycles. The minimum Gasteiger partial charge on any atom is -0.356 e. The van der Waals surface area contributed by atoms with Crippen molar-refractivity contribution in [2.24, 2.45) is 0 Å². The van der Waals surface area contributed by atoms with Crippen LogP contribution >= 0.6 is 0 Å². The number of benzene rings is 1. The fourth-order valence-corrected chi connectivity index (χ4v) is 2.46. The second-order valence-electron chi connectivity index (χ2n) is 5.43. The average molecular weight is 322 g/mol. The Labute approximate surface area is 139 Å². The van der Waals surface area contributed by atoms with Crippen LogP contribution in [0.3, 0.4) is 0 Å². The molecule has 6 heteroatoms. The minimum atomic E-state index is -0.131. The molecule has 0 radical (unpaired) electrons. The van der Waals surface area contributed by atoms with Crippen LogP contribution in [0.4, 0.5) is 0 Å². The van der Waals surface area contributed by atoms with Crippen LogP contribution in [0.2, 0.25) is 0 Å². The van der Waals surface area contributed by atoms with Crippen molar-refractivity contribution >= 4 is 17.3 Å². The van der Waals surface area contributed by atoms with Crippen molar-refractivity contribution in [3.8, 4) is 0 Å². The number of carbonyl (C=O) groups excluding carboxylic acids is 2. The second kappa shape index (κ2) is 7.50. The number of nitrogens with zero attached hydrogens (tertiary/aromatic N) is 3. The maximum absolute atomic E-state index is 12.0. The van der Waals surface area contributed by atoms with Gasteiger partial charge in [-0.3, -0.25) is 14.0 Å². The van der Waals surface area contributed by atoms with E-state index in [0.29, 0.717) is 18.5 Å². The molecule has 0 bridgehead atoms. The molecule has 0 aliphatic rings. The van der Waals surface area contributed by atoms with Gasteiger partial charge in [-0.1, -0.05) is 36.4 Å². The summed E-state index contributed by atoms with van der Waals surface area (Å²) in [6.07, 6.45) is 2.88. The van der Waals surface area contributed by atoms with Gasteiger partial charge in [0.15, 0.2) is 11.4 Å². The van der Waals surface area contributed by atoms with Crippen LogP contribution in [0.25, 0.3) is 5.65 Å². The molecule has 3 rings (SSSR count). The van der Waals surface area contributed by atoms with Crippen molar-refractivity contribution in [3.63, 3.8) is 0 Å². The lowest BCUT2D eigenvalue weighted by molar-refractivity contribution is -0.121. The average Bonchev–Trinajstić information content (AvgIpc) is 3.04. The number of amides is 1. The molecular weight excluding hydrogens is 304 g/mol. The van der Waals surface area contributed by atoms with Gasteiger partial charge >= 0.3 is 0 Å². The summed E-state index contributed by atoms with van der Waals surface area (Å²) in [7, 11) is 0. The number of Topliss-reactive ketones (excluding diaryl/α,β-unsaturated/α-hetero) is 1.